The molecular formula is C7H12N2O. The molecule has 2 rings (SSSR count). The molecule has 0 spiro atoms. The molecule has 2 fully saturated rings. The van der Waals surface area contributed by atoms with E-state index < -0.39 is 0 Å². The van der Waals surface area contributed by atoms with Gasteiger partial charge >= 0.3 is 0 Å². The van der Waals surface area contributed by atoms with E-state index in [9.17, 15) is 4.79 Å². The van der Waals surface area contributed by atoms with E-state index in [1.165, 1.54) is 6.42 Å². The summed E-state index contributed by atoms with van der Waals surface area (Å²) in [5, 5.41) is 6.56. The lowest BCUT2D eigenvalue weighted by atomic mass is 9.94. The molecule has 3 heteroatoms. The summed E-state index contributed by atoms with van der Waals surface area (Å²) in [6, 6.07) is 0.743. The van der Waals surface area contributed by atoms with Crippen LogP contribution >= 0.6 is 0 Å². The molecular weight excluding hydrogens is 128 g/mol. The average molecular weight is 140 g/mol. The molecule has 2 aliphatic rings. The maximum absolute atomic E-state index is 10.5. The summed E-state index contributed by atoms with van der Waals surface area (Å²) in [4.78, 5) is 10.5. The Labute approximate surface area is 60.2 Å². The molecule has 0 radical (unpaired) electrons. The monoisotopic (exact) mass is 140 g/mol. The van der Waals surface area contributed by atoms with Gasteiger partial charge in [-0.15, -0.1) is 0 Å². The Balaban J connectivity index is 2.06. The van der Waals surface area contributed by atoms with Gasteiger partial charge in [-0.25, -0.2) is 0 Å². The standard InChI is InChI=1S/C7H12N2O/c10-4-7-5-1-6(3-9-7)8-2-5/h4-9H,1-3H2. The summed E-state index contributed by atoms with van der Waals surface area (Å²) >= 11 is 0. The molecule has 0 aromatic rings. The van der Waals surface area contributed by atoms with Crippen molar-refractivity contribution in [2.75, 3.05) is 13.1 Å². The lowest BCUT2D eigenvalue weighted by molar-refractivity contribution is -0.110. The van der Waals surface area contributed by atoms with Crippen LogP contribution in [0.3, 0.4) is 0 Å². The summed E-state index contributed by atoms with van der Waals surface area (Å²) in [5.74, 6) is 0.552. The normalized spacial score (nSPS) is 45.4. The Morgan fingerprint density at radius 3 is 3.00 bits per heavy atom. The highest BCUT2D eigenvalue weighted by Gasteiger charge is 2.34. The van der Waals surface area contributed by atoms with E-state index in [1.807, 2.05) is 0 Å². The Kier molecular flexibility index (Phi) is 1.47. The van der Waals surface area contributed by atoms with Crippen molar-refractivity contribution in [2.45, 2.75) is 18.5 Å². The van der Waals surface area contributed by atoms with E-state index in [-0.39, 0.29) is 6.04 Å². The zero-order valence-corrected chi connectivity index (χ0v) is 5.84. The summed E-state index contributed by atoms with van der Waals surface area (Å²) in [6.45, 7) is 1.97. The third-order valence-electron chi connectivity index (χ3n) is 2.51. The third-order valence-corrected chi connectivity index (χ3v) is 2.51. The molecule has 0 saturated carbocycles. The third kappa shape index (κ3) is 0.859. The maximum Gasteiger partial charge on any atom is 0.137 e. The molecule has 3 nitrogen and oxygen atoms in total. The van der Waals surface area contributed by atoms with Gasteiger partial charge < -0.3 is 15.4 Å². The van der Waals surface area contributed by atoms with Crippen LogP contribution in [0, 0.1) is 5.92 Å². The summed E-state index contributed by atoms with van der Waals surface area (Å²) in [7, 11) is 0. The first-order valence-corrected chi connectivity index (χ1v) is 3.82. The van der Waals surface area contributed by atoms with Crippen molar-refractivity contribution in [1.29, 1.82) is 0 Å². The summed E-state index contributed by atoms with van der Waals surface area (Å²) in [6.07, 6.45) is 2.21. The highest BCUT2D eigenvalue weighted by Crippen LogP contribution is 2.20. The van der Waals surface area contributed by atoms with Crippen LogP contribution in [0.15, 0.2) is 0 Å². The summed E-state index contributed by atoms with van der Waals surface area (Å²) in [5.41, 5.74) is 0. The topological polar surface area (TPSA) is 41.1 Å². The van der Waals surface area contributed by atoms with Crippen LogP contribution in [0.4, 0.5) is 0 Å². The Bertz CT molecular complexity index is 149. The Morgan fingerprint density at radius 2 is 2.20 bits per heavy atom. The zero-order valence-electron chi connectivity index (χ0n) is 5.84. The molecule has 2 N–H and O–H groups in total. The van der Waals surface area contributed by atoms with Gasteiger partial charge in [0, 0.05) is 19.1 Å². The molecule has 3 atom stereocenters. The van der Waals surface area contributed by atoms with E-state index in [2.05, 4.69) is 10.6 Å². The molecule has 10 heavy (non-hydrogen) atoms. The van der Waals surface area contributed by atoms with Crippen LogP contribution in [0.1, 0.15) is 6.42 Å². The Hall–Kier alpha value is -0.410. The van der Waals surface area contributed by atoms with Gasteiger partial charge in [-0.05, 0) is 12.3 Å². The fraction of sp³-hybridized carbons (Fsp3) is 0.857. The minimum atomic E-state index is 0.117. The van der Waals surface area contributed by atoms with Gasteiger partial charge in [0.1, 0.15) is 6.29 Å². The number of rotatable bonds is 1. The van der Waals surface area contributed by atoms with Crippen molar-refractivity contribution < 1.29 is 4.79 Å². The van der Waals surface area contributed by atoms with E-state index in [1.54, 1.807) is 0 Å². The molecule has 56 valence electrons. The first-order chi connectivity index (χ1) is 4.90. The van der Waals surface area contributed by atoms with E-state index in [0.29, 0.717) is 12.0 Å². The SMILES string of the molecule is O=CC1NCC2CC1CN2. The van der Waals surface area contributed by atoms with Gasteiger partial charge in [0.2, 0.25) is 0 Å². The van der Waals surface area contributed by atoms with Gasteiger partial charge in [-0.2, -0.15) is 0 Å². The Morgan fingerprint density at radius 1 is 1.30 bits per heavy atom. The van der Waals surface area contributed by atoms with E-state index in [4.69, 9.17) is 0 Å². The van der Waals surface area contributed by atoms with Crippen molar-refractivity contribution in [3.05, 3.63) is 0 Å². The van der Waals surface area contributed by atoms with E-state index in [0.717, 1.165) is 19.4 Å². The average Bonchev–Trinajstić information content (AvgIpc) is 2.34. The second kappa shape index (κ2) is 2.32. The van der Waals surface area contributed by atoms with Crippen molar-refractivity contribution in [2.24, 2.45) is 5.92 Å². The highest BCUT2D eigenvalue weighted by molar-refractivity contribution is 5.58. The number of piperidine rings is 1. The van der Waals surface area contributed by atoms with Gasteiger partial charge in [0.15, 0.2) is 0 Å². The highest BCUT2D eigenvalue weighted by atomic mass is 16.1. The van der Waals surface area contributed by atoms with Crippen molar-refractivity contribution in [3.8, 4) is 0 Å². The number of carbonyl (C=O) groups excluding carboxylic acids is 1. The molecule has 2 aliphatic heterocycles. The second-order valence-corrected chi connectivity index (χ2v) is 3.17. The zero-order chi connectivity index (χ0) is 6.97. The number of aldehydes is 1. The first kappa shape index (κ1) is 6.31. The molecule has 0 aliphatic carbocycles. The fourth-order valence-corrected chi connectivity index (χ4v) is 1.88. The van der Waals surface area contributed by atoms with Crippen LogP contribution in [-0.2, 0) is 4.79 Å². The van der Waals surface area contributed by atoms with Crippen LogP contribution in [0.25, 0.3) is 0 Å². The van der Waals surface area contributed by atoms with Gasteiger partial charge in [0.05, 0.1) is 6.04 Å². The van der Waals surface area contributed by atoms with Crippen LogP contribution in [0.5, 0.6) is 0 Å². The van der Waals surface area contributed by atoms with Crippen LogP contribution in [-0.4, -0.2) is 31.5 Å². The van der Waals surface area contributed by atoms with Gasteiger partial charge in [-0.3, -0.25) is 0 Å². The number of hydrogen-bond acceptors (Lipinski definition) is 3. The lowest BCUT2D eigenvalue weighted by Gasteiger charge is -2.24. The molecule has 3 unspecified atom stereocenters. The molecule has 0 aromatic carbocycles. The first-order valence-electron chi connectivity index (χ1n) is 3.82. The number of nitrogens with one attached hydrogen (secondary N) is 2. The summed E-state index contributed by atoms with van der Waals surface area (Å²) < 4.78 is 0. The molecule has 0 aromatic heterocycles. The predicted octanol–water partition coefficient (Wildman–Crippen LogP) is -0.865. The second-order valence-electron chi connectivity index (χ2n) is 3.17. The van der Waals surface area contributed by atoms with Crippen LogP contribution in [0.2, 0.25) is 0 Å². The number of hydrogen-bond donors (Lipinski definition) is 2. The molecule has 2 bridgehead atoms. The number of fused-ring (bicyclic) bond motifs is 2. The predicted molar refractivity (Wildman–Crippen MR) is 37.8 cm³/mol. The molecule has 2 saturated heterocycles. The fourth-order valence-electron chi connectivity index (χ4n) is 1.88. The van der Waals surface area contributed by atoms with E-state index >= 15 is 0 Å². The largest absolute Gasteiger partial charge is 0.312 e. The van der Waals surface area contributed by atoms with Crippen molar-refractivity contribution in [3.63, 3.8) is 0 Å². The van der Waals surface area contributed by atoms with Crippen LogP contribution < -0.4 is 10.6 Å². The number of carbonyl (C=O) groups is 1. The molecule has 2 heterocycles. The lowest BCUT2D eigenvalue weighted by Crippen LogP contribution is -2.45. The smallest absolute Gasteiger partial charge is 0.137 e. The maximum atomic E-state index is 10.5. The van der Waals surface area contributed by atoms with Crippen molar-refractivity contribution in [1.82, 2.24) is 10.6 Å². The minimum Gasteiger partial charge on any atom is -0.312 e. The van der Waals surface area contributed by atoms with Gasteiger partial charge in [-0.1, -0.05) is 0 Å². The minimum absolute atomic E-state index is 0.117. The molecule has 0 amide bonds. The van der Waals surface area contributed by atoms with Gasteiger partial charge in [0.25, 0.3) is 0 Å². The van der Waals surface area contributed by atoms with Crippen molar-refractivity contribution >= 4 is 6.29 Å². The quantitative estimate of drug-likeness (QED) is 0.465.